The second kappa shape index (κ2) is 8.53. The maximum Gasteiger partial charge on any atom is 0.236 e. The van der Waals surface area contributed by atoms with E-state index in [1.54, 1.807) is 48.5 Å². The van der Waals surface area contributed by atoms with Gasteiger partial charge in [0, 0.05) is 21.4 Å². The highest BCUT2D eigenvalue weighted by Gasteiger charge is 2.05. The largest absolute Gasteiger partial charge is 0.236 e. The van der Waals surface area contributed by atoms with E-state index in [1.165, 1.54) is 0 Å². The molecule has 0 aliphatic heterocycles. The molecule has 0 aliphatic rings. The standard InChI is InChI=1S/2C7H7ClO2S/c2*8-11(9,10)6-7-4-2-1-3-5-7/h2*1-5H,6H2. The SMILES string of the molecule is O=S(=O)(Cl)Cc1ccccc1.O=S(=O)(Cl)Cc1ccccc1. The molecule has 0 saturated carbocycles. The topological polar surface area (TPSA) is 68.3 Å². The lowest BCUT2D eigenvalue weighted by molar-refractivity contribution is 0.607. The third-order valence-corrected chi connectivity index (χ3v) is 4.37. The molecule has 2 aromatic rings. The first-order chi connectivity index (χ1) is 10.2. The van der Waals surface area contributed by atoms with E-state index in [1.807, 2.05) is 12.1 Å². The summed E-state index contributed by atoms with van der Waals surface area (Å²) in [5, 5.41) is 0. The third kappa shape index (κ3) is 9.78. The molecule has 8 heteroatoms. The van der Waals surface area contributed by atoms with Crippen LogP contribution in [0.3, 0.4) is 0 Å². The fraction of sp³-hybridized carbons (Fsp3) is 0.143. The van der Waals surface area contributed by atoms with E-state index in [0.717, 1.165) is 0 Å². The van der Waals surface area contributed by atoms with E-state index in [-0.39, 0.29) is 11.5 Å². The second-order valence-electron chi connectivity index (χ2n) is 4.34. The Balaban J connectivity index is 0.000000220. The molecule has 0 aliphatic carbocycles. The Morgan fingerprint density at radius 1 is 0.591 bits per heavy atom. The molecule has 120 valence electrons. The van der Waals surface area contributed by atoms with Gasteiger partial charge in [0.05, 0.1) is 11.5 Å². The molecule has 4 nitrogen and oxygen atoms in total. The van der Waals surface area contributed by atoms with Crippen molar-refractivity contribution in [3.63, 3.8) is 0 Å². The van der Waals surface area contributed by atoms with Gasteiger partial charge in [-0.25, -0.2) is 16.8 Å². The minimum Gasteiger partial charge on any atom is -0.212 e. The first-order valence-corrected chi connectivity index (χ1v) is 11.0. The van der Waals surface area contributed by atoms with Gasteiger partial charge in [-0.05, 0) is 11.1 Å². The third-order valence-electron chi connectivity index (χ3n) is 2.36. The molecular formula is C14H14Cl2O4S2. The van der Waals surface area contributed by atoms with Gasteiger partial charge in [-0.3, -0.25) is 0 Å². The zero-order valence-electron chi connectivity index (χ0n) is 11.4. The van der Waals surface area contributed by atoms with Crippen LogP contribution in [0.25, 0.3) is 0 Å². The van der Waals surface area contributed by atoms with Gasteiger partial charge >= 0.3 is 0 Å². The lowest BCUT2D eigenvalue weighted by Gasteiger charge is -1.94. The van der Waals surface area contributed by atoms with Crippen LogP contribution in [0.15, 0.2) is 60.7 Å². The van der Waals surface area contributed by atoms with E-state index in [4.69, 9.17) is 21.4 Å². The molecule has 0 bridgehead atoms. The molecule has 0 saturated heterocycles. The van der Waals surface area contributed by atoms with Crippen molar-refractivity contribution in [3.05, 3.63) is 71.8 Å². The molecule has 0 atom stereocenters. The Labute approximate surface area is 139 Å². The highest BCUT2D eigenvalue weighted by Crippen LogP contribution is 2.08. The Bertz CT molecular complexity index is 705. The Morgan fingerprint density at radius 2 is 0.864 bits per heavy atom. The molecule has 0 spiro atoms. The Hall–Kier alpha value is -1.08. The predicted octanol–water partition coefficient (Wildman–Crippen LogP) is 3.51. The van der Waals surface area contributed by atoms with Crippen LogP contribution in [0, 0.1) is 0 Å². The van der Waals surface area contributed by atoms with Crippen LogP contribution in [-0.2, 0) is 29.6 Å². The maximum atomic E-state index is 10.6. The van der Waals surface area contributed by atoms with Crippen molar-refractivity contribution >= 4 is 39.5 Å². The quantitative estimate of drug-likeness (QED) is 0.760. The van der Waals surface area contributed by atoms with E-state index in [9.17, 15) is 16.8 Å². The summed E-state index contributed by atoms with van der Waals surface area (Å²) in [6.45, 7) is 0. The summed E-state index contributed by atoms with van der Waals surface area (Å²) in [5.41, 5.74) is 1.42. The summed E-state index contributed by atoms with van der Waals surface area (Å²) in [7, 11) is 3.27. The summed E-state index contributed by atoms with van der Waals surface area (Å²) >= 11 is 0. The van der Waals surface area contributed by atoms with Gasteiger partial charge < -0.3 is 0 Å². The zero-order valence-corrected chi connectivity index (χ0v) is 14.5. The predicted molar refractivity (Wildman–Crippen MR) is 89.8 cm³/mol. The van der Waals surface area contributed by atoms with Crippen LogP contribution in [0.2, 0.25) is 0 Å². The summed E-state index contributed by atoms with van der Waals surface area (Å²) in [6.07, 6.45) is 0. The highest BCUT2D eigenvalue weighted by atomic mass is 35.7. The first-order valence-electron chi connectivity index (χ1n) is 6.08. The van der Waals surface area contributed by atoms with Gasteiger partial charge in [0.25, 0.3) is 0 Å². The molecule has 2 rings (SSSR count). The van der Waals surface area contributed by atoms with Crippen molar-refractivity contribution < 1.29 is 16.8 Å². The van der Waals surface area contributed by atoms with Gasteiger partial charge in [0.1, 0.15) is 0 Å². The van der Waals surface area contributed by atoms with Crippen molar-refractivity contribution in [3.8, 4) is 0 Å². The minimum absolute atomic E-state index is 0.102. The minimum atomic E-state index is -3.40. The average molecular weight is 381 g/mol. The highest BCUT2D eigenvalue weighted by molar-refractivity contribution is 8.13. The van der Waals surface area contributed by atoms with E-state index in [2.05, 4.69) is 0 Å². The van der Waals surface area contributed by atoms with Gasteiger partial charge in [-0.2, -0.15) is 0 Å². The Morgan fingerprint density at radius 3 is 1.09 bits per heavy atom. The van der Waals surface area contributed by atoms with Gasteiger partial charge in [0.2, 0.25) is 18.1 Å². The van der Waals surface area contributed by atoms with Gasteiger partial charge in [-0.1, -0.05) is 60.7 Å². The molecule has 0 heterocycles. The van der Waals surface area contributed by atoms with E-state index < -0.39 is 18.1 Å². The average Bonchev–Trinajstić information content (AvgIpc) is 2.38. The van der Waals surface area contributed by atoms with Crippen LogP contribution < -0.4 is 0 Å². The van der Waals surface area contributed by atoms with Gasteiger partial charge in [0.15, 0.2) is 0 Å². The fourth-order valence-corrected chi connectivity index (χ4v) is 3.48. The molecule has 0 fully saturated rings. The van der Waals surface area contributed by atoms with E-state index >= 15 is 0 Å². The molecule has 0 radical (unpaired) electrons. The smallest absolute Gasteiger partial charge is 0.212 e. The van der Waals surface area contributed by atoms with Crippen LogP contribution in [0.1, 0.15) is 11.1 Å². The van der Waals surface area contributed by atoms with Crippen molar-refractivity contribution in [1.29, 1.82) is 0 Å². The molecule has 22 heavy (non-hydrogen) atoms. The number of halogens is 2. The summed E-state index contributed by atoms with van der Waals surface area (Å²) < 4.78 is 42.3. The lowest BCUT2D eigenvalue weighted by atomic mass is 10.2. The van der Waals surface area contributed by atoms with Crippen LogP contribution in [0.4, 0.5) is 0 Å². The molecule has 0 amide bonds. The number of hydrogen-bond acceptors (Lipinski definition) is 4. The van der Waals surface area contributed by atoms with Crippen LogP contribution in [-0.4, -0.2) is 16.8 Å². The monoisotopic (exact) mass is 380 g/mol. The van der Waals surface area contributed by atoms with Gasteiger partial charge in [-0.15, -0.1) is 0 Å². The molecule has 0 aromatic heterocycles. The van der Waals surface area contributed by atoms with Crippen molar-refractivity contribution in [2.75, 3.05) is 0 Å². The fourth-order valence-electron chi connectivity index (χ4n) is 1.55. The summed E-state index contributed by atoms with van der Waals surface area (Å²) in [6, 6.07) is 17.6. The van der Waals surface area contributed by atoms with Crippen LogP contribution >= 0.6 is 21.4 Å². The second-order valence-corrected chi connectivity index (χ2v) is 9.89. The lowest BCUT2D eigenvalue weighted by Crippen LogP contribution is -1.93. The normalized spacial score (nSPS) is 11.4. The molecule has 0 unspecified atom stereocenters. The van der Waals surface area contributed by atoms with Crippen molar-refractivity contribution in [1.82, 2.24) is 0 Å². The zero-order chi connectivity index (χ0) is 16.6. The summed E-state index contributed by atoms with van der Waals surface area (Å²) in [5.74, 6) is -0.204. The number of hydrogen-bond donors (Lipinski definition) is 0. The maximum absolute atomic E-state index is 10.6. The van der Waals surface area contributed by atoms with Crippen LogP contribution in [0.5, 0.6) is 0 Å². The number of benzene rings is 2. The molecular weight excluding hydrogens is 367 g/mol. The number of rotatable bonds is 4. The van der Waals surface area contributed by atoms with Crippen molar-refractivity contribution in [2.45, 2.75) is 11.5 Å². The van der Waals surface area contributed by atoms with E-state index in [0.29, 0.717) is 11.1 Å². The first kappa shape index (κ1) is 19.0. The Kier molecular flexibility index (Phi) is 7.35. The molecule has 2 aromatic carbocycles. The summed E-state index contributed by atoms with van der Waals surface area (Å²) in [4.78, 5) is 0. The molecule has 0 N–H and O–H groups in total. The van der Waals surface area contributed by atoms with Crippen molar-refractivity contribution in [2.24, 2.45) is 0 Å².